The smallest absolute Gasteiger partial charge is 0.225 e. The van der Waals surface area contributed by atoms with E-state index in [2.05, 4.69) is 55.3 Å². The number of para-hydroxylation sites is 1. The molecule has 1 aromatic carbocycles. The molecule has 1 atom stereocenters. The first-order chi connectivity index (χ1) is 14.7. The minimum absolute atomic E-state index is 0.0398. The molecule has 0 radical (unpaired) electrons. The summed E-state index contributed by atoms with van der Waals surface area (Å²) in [5.74, 6) is 2.54. The maximum Gasteiger partial charge on any atom is 0.225 e. The van der Waals surface area contributed by atoms with Gasteiger partial charge in [-0.3, -0.25) is 9.89 Å². The molecule has 0 bridgehead atoms. The number of aliphatic imine (C=N–C) groups is 1. The molecule has 0 saturated carbocycles. The number of benzene rings is 1. The van der Waals surface area contributed by atoms with E-state index in [9.17, 15) is 0 Å². The molecule has 0 spiro atoms. The van der Waals surface area contributed by atoms with E-state index in [-0.39, 0.29) is 6.10 Å². The Balaban J connectivity index is 1.32. The lowest BCUT2D eigenvalue weighted by molar-refractivity contribution is 0.222. The first-order valence-electron chi connectivity index (χ1n) is 10.6. The Morgan fingerprint density at radius 2 is 1.83 bits per heavy atom. The van der Waals surface area contributed by atoms with Crippen LogP contribution in [0.25, 0.3) is 0 Å². The van der Waals surface area contributed by atoms with Gasteiger partial charge in [-0.1, -0.05) is 18.2 Å². The topological polar surface area (TPSA) is 77.9 Å². The third kappa shape index (κ3) is 6.59. The fourth-order valence-electron chi connectivity index (χ4n) is 3.37. The number of anilines is 1. The second-order valence-corrected chi connectivity index (χ2v) is 7.45. The van der Waals surface area contributed by atoms with Gasteiger partial charge in [-0.25, -0.2) is 9.97 Å². The highest BCUT2D eigenvalue weighted by atomic mass is 16.5. The van der Waals surface area contributed by atoms with E-state index >= 15 is 0 Å². The summed E-state index contributed by atoms with van der Waals surface area (Å²) < 4.78 is 6.02. The lowest BCUT2D eigenvalue weighted by Crippen LogP contribution is -2.50. The molecule has 162 valence electrons. The Morgan fingerprint density at radius 3 is 2.53 bits per heavy atom. The van der Waals surface area contributed by atoms with Crippen LogP contribution in [0.15, 0.2) is 47.7 Å². The predicted octanol–water partition coefficient (Wildman–Crippen LogP) is 1.54. The third-order valence-electron chi connectivity index (χ3n) is 5.13. The molecule has 1 aromatic heterocycles. The average Bonchev–Trinajstić information content (AvgIpc) is 2.78. The maximum atomic E-state index is 6.02. The molecule has 1 saturated heterocycles. The number of aryl methyl sites for hydroxylation is 1. The van der Waals surface area contributed by atoms with Crippen LogP contribution in [0, 0.1) is 6.92 Å². The fourth-order valence-corrected chi connectivity index (χ4v) is 3.37. The predicted molar refractivity (Wildman–Crippen MR) is 121 cm³/mol. The Morgan fingerprint density at radius 1 is 1.10 bits per heavy atom. The molecular formula is C22H33N7O. The van der Waals surface area contributed by atoms with E-state index in [1.807, 2.05) is 24.3 Å². The molecule has 0 amide bonds. The lowest BCUT2D eigenvalue weighted by atomic mass is 10.2. The standard InChI is InChI=1S/C22H33N7O/c1-18-7-4-5-8-20(18)30-19(2)17-27-21(23-3)24-11-12-28-13-15-29(16-14-28)22-25-9-6-10-26-22/h4-10,19H,11-17H2,1-3H3,(H2,23,24,27). The highest BCUT2D eigenvalue weighted by Gasteiger charge is 2.18. The van der Waals surface area contributed by atoms with Gasteiger partial charge >= 0.3 is 0 Å². The van der Waals surface area contributed by atoms with Crippen molar-refractivity contribution in [3.63, 3.8) is 0 Å². The lowest BCUT2D eigenvalue weighted by Gasteiger charge is -2.34. The van der Waals surface area contributed by atoms with Crippen LogP contribution in [0.3, 0.4) is 0 Å². The first kappa shape index (κ1) is 21.8. The van der Waals surface area contributed by atoms with Crippen LogP contribution >= 0.6 is 0 Å². The summed E-state index contributed by atoms with van der Waals surface area (Å²) in [4.78, 5) is 17.7. The number of ether oxygens (including phenoxy) is 1. The SMILES string of the molecule is CN=C(NCCN1CCN(c2ncccn2)CC1)NCC(C)Oc1ccccc1C. The van der Waals surface area contributed by atoms with Crippen molar-refractivity contribution in [3.05, 3.63) is 48.3 Å². The number of aromatic nitrogens is 2. The summed E-state index contributed by atoms with van der Waals surface area (Å²) in [6.07, 6.45) is 3.63. The average molecular weight is 412 g/mol. The Hall–Kier alpha value is -2.87. The van der Waals surface area contributed by atoms with Crippen LogP contribution in [0.1, 0.15) is 12.5 Å². The van der Waals surface area contributed by atoms with Crippen LogP contribution in [-0.2, 0) is 0 Å². The van der Waals surface area contributed by atoms with Crippen LogP contribution < -0.4 is 20.3 Å². The summed E-state index contributed by atoms with van der Waals surface area (Å²) in [6, 6.07) is 9.93. The molecule has 0 aliphatic carbocycles. The molecule has 3 rings (SSSR count). The van der Waals surface area contributed by atoms with Gasteiger partial charge in [0.2, 0.25) is 5.95 Å². The van der Waals surface area contributed by atoms with E-state index in [1.165, 1.54) is 0 Å². The van der Waals surface area contributed by atoms with Gasteiger partial charge in [-0.05, 0) is 31.5 Å². The van der Waals surface area contributed by atoms with Crippen molar-refractivity contribution in [2.45, 2.75) is 20.0 Å². The molecule has 1 aliphatic heterocycles. The number of nitrogens with zero attached hydrogens (tertiary/aromatic N) is 5. The van der Waals surface area contributed by atoms with E-state index < -0.39 is 0 Å². The highest BCUT2D eigenvalue weighted by Crippen LogP contribution is 2.17. The summed E-state index contributed by atoms with van der Waals surface area (Å²) in [7, 11) is 1.79. The second-order valence-electron chi connectivity index (χ2n) is 7.45. The van der Waals surface area contributed by atoms with Crippen molar-refractivity contribution in [3.8, 4) is 5.75 Å². The van der Waals surface area contributed by atoms with Gasteiger partial charge in [-0.2, -0.15) is 0 Å². The zero-order valence-electron chi connectivity index (χ0n) is 18.2. The number of guanidine groups is 1. The number of piperazine rings is 1. The monoisotopic (exact) mass is 411 g/mol. The van der Waals surface area contributed by atoms with Crippen molar-refractivity contribution in [2.24, 2.45) is 4.99 Å². The summed E-state index contributed by atoms with van der Waals surface area (Å²) in [5.41, 5.74) is 1.14. The minimum atomic E-state index is 0.0398. The van der Waals surface area contributed by atoms with Gasteiger partial charge in [0.1, 0.15) is 11.9 Å². The van der Waals surface area contributed by atoms with Gasteiger partial charge in [0, 0.05) is 58.7 Å². The van der Waals surface area contributed by atoms with Crippen molar-refractivity contribution in [2.75, 3.05) is 57.8 Å². The zero-order valence-corrected chi connectivity index (χ0v) is 18.2. The number of hydrogen-bond donors (Lipinski definition) is 2. The number of nitrogens with one attached hydrogen (secondary N) is 2. The Labute approximate surface area is 179 Å². The molecule has 1 aliphatic rings. The van der Waals surface area contributed by atoms with Gasteiger partial charge < -0.3 is 20.3 Å². The largest absolute Gasteiger partial charge is 0.489 e. The van der Waals surface area contributed by atoms with Gasteiger partial charge in [-0.15, -0.1) is 0 Å². The molecule has 8 heteroatoms. The molecule has 2 heterocycles. The van der Waals surface area contributed by atoms with Crippen LogP contribution in [0.5, 0.6) is 5.75 Å². The first-order valence-corrected chi connectivity index (χ1v) is 10.6. The van der Waals surface area contributed by atoms with Crippen molar-refractivity contribution < 1.29 is 4.74 Å². The van der Waals surface area contributed by atoms with E-state index in [4.69, 9.17) is 4.74 Å². The van der Waals surface area contributed by atoms with Crippen LogP contribution in [-0.4, -0.2) is 79.8 Å². The third-order valence-corrected chi connectivity index (χ3v) is 5.13. The van der Waals surface area contributed by atoms with E-state index in [0.29, 0.717) is 6.54 Å². The van der Waals surface area contributed by atoms with Gasteiger partial charge in [0.25, 0.3) is 0 Å². The van der Waals surface area contributed by atoms with Crippen LogP contribution in [0.2, 0.25) is 0 Å². The fraction of sp³-hybridized carbons (Fsp3) is 0.500. The molecule has 2 N–H and O–H groups in total. The summed E-state index contributed by atoms with van der Waals surface area (Å²) in [5, 5.41) is 6.74. The second kappa shape index (κ2) is 11.3. The quantitative estimate of drug-likeness (QED) is 0.504. The molecule has 1 unspecified atom stereocenters. The summed E-state index contributed by atoms with van der Waals surface area (Å²) >= 11 is 0. The molecule has 1 fully saturated rings. The number of rotatable bonds is 8. The normalized spacial score (nSPS) is 16.2. The molecule has 2 aromatic rings. The van der Waals surface area contributed by atoms with Crippen molar-refractivity contribution in [1.29, 1.82) is 0 Å². The molecule has 8 nitrogen and oxygen atoms in total. The Kier molecular flexibility index (Phi) is 8.26. The van der Waals surface area contributed by atoms with Crippen LogP contribution in [0.4, 0.5) is 5.95 Å². The van der Waals surface area contributed by atoms with E-state index in [1.54, 1.807) is 19.4 Å². The van der Waals surface area contributed by atoms with Gasteiger partial charge in [0.05, 0.1) is 6.54 Å². The molecule has 30 heavy (non-hydrogen) atoms. The maximum absolute atomic E-state index is 6.02. The zero-order chi connectivity index (χ0) is 21.2. The summed E-state index contributed by atoms with van der Waals surface area (Å²) in [6.45, 7) is 10.5. The highest BCUT2D eigenvalue weighted by molar-refractivity contribution is 5.79. The molecular weight excluding hydrogens is 378 g/mol. The minimum Gasteiger partial charge on any atom is -0.489 e. The van der Waals surface area contributed by atoms with E-state index in [0.717, 1.165) is 62.5 Å². The Bertz CT molecular complexity index is 791. The van der Waals surface area contributed by atoms with Gasteiger partial charge in [0.15, 0.2) is 5.96 Å². The van der Waals surface area contributed by atoms with Crippen molar-refractivity contribution in [1.82, 2.24) is 25.5 Å². The van der Waals surface area contributed by atoms with Crippen molar-refractivity contribution >= 4 is 11.9 Å². The number of hydrogen-bond acceptors (Lipinski definition) is 6.